The third-order valence-corrected chi connectivity index (χ3v) is 3.68. The summed E-state index contributed by atoms with van der Waals surface area (Å²) in [5.41, 5.74) is 7.50. The fourth-order valence-corrected chi connectivity index (χ4v) is 2.46. The van der Waals surface area contributed by atoms with Gasteiger partial charge >= 0.3 is 0 Å². The van der Waals surface area contributed by atoms with Crippen molar-refractivity contribution in [2.45, 2.75) is 25.3 Å². The van der Waals surface area contributed by atoms with Crippen LogP contribution in [-0.4, -0.2) is 28.5 Å². The van der Waals surface area contributed by atoms with E-state index in [1.54, 1.807) is 6.20 Å². The molecule has 1 aliphatic rings. The molecule has 1 unspecified atom stereocenters. The summed E-state index contributed by atoms with van der Waals surface area (Å²) >= 11 is 0. The molecule has 0 spiro atoms. The van der Waals surface area contributed by atoms with Gasteiger partial charge in [0.05, 0.1) is 6.42 Å². The Morgan fingerprint density at radius 3 is 3.16 bits per heavy atom. The Morgan fingerprint density at radius 2 is 2.42 bits per heavy atom. The molecule has 0 bridgehead atoms. The number of carbonyl (C=O) groups excluding carboxylic acids is 1. The normalized spacial score (nSPS) is 16.5. The zero-order valence-corrected chi connectivity index (χ0v) is 10.7. The molecule has 100 valence electrons. The van der Waals surface area contributed by atoms with Crippen molar-refractivity contribution in [3.05, 3.63) is 30.1 Å². The average Bonchev–Trinajstić information content (AvgIpc) is 3.19. The predicted octanol–water partition coefficient (Wildman–Crippen LogP) is 0.959. The van der Waals surface area contributed by atoms with Crippen LogP contribution < -0.4 is 11.1 Å². The van der Waals surface area contributed by atoms with Gasteiger partial charge in [-0.05, 0) is 36.5 Å². The van der Waals surface area contributed by atoms with E-state index in [0.29, 0.717) is 18.9 Å². The van der Waals surface area contributed by atoms with Crippen LogP contribution in [0.25, 0.3) is 11.0 Å². The number of rotatable bonds is 5. The number of hydrogen-bond acceptors (Lipinski definition) is 3. The number of aromatic nitrogens is 2. The van der Waals surface area contributed by atoms with E-state index in [0.717, 1.165) is 16.6 Å². The molecule has 4 N–H and O–H groups in total. The van der Waals surface area contributed by atoms with E-state index in [-0.39, 0.29) is 11.9 Å². The zero-order valence-electron chi connectivity index (χ0n) is 10.7. The SMILES string of the molecule is NCC(NC(=O)Cc1c[nH]c2ncccc12)C1CC1. The second-order valence-corrected chi connectivity index (χ2v) is 5.14. The molecule has 0 aromatic carbocycles. The smallest absolute Gasteiger partial charge is 0.224 e. The van der Waals surface area contributed by atoms with Crippen molar-refractivity contribution in [1.82, 2.24) is 15.3 Å². The lowest BCUT2D eigenvalue weighted by molar-refractivity contribution is -0.121. The number of amides is 1. The van der Waals surface area contributed by atoms with Gasteiger partial charge in [0.2, 0.25) is 5.91 Å². The largest absolute Gasteiger partial charge is 0.352 e. The highest BCUT2D eigenvalue weighted by atomic mass is 16.1. The number of fused-ring (bicyclic) bond motifs is 1. The third-order valence-electron chi connectivity index (χ3n) is 3.68. The highest BCUT2D eigenvalue weighted by Crippen LogP contribution is 2.32. The van der Waals surface area contributed by atoms with Crippen LogP contribution in [0.5, 0.6) is 0 Å². The summed E-state index contributed by atoms with van der Waals surface area (Å²) in [5.74, 6) is 0.616. The summed E-state index contributed by atoms with van der Waals surface area (Å²) in [6, 6.07) is 3.99. The van der Waals surface area contributed by atoms with E-state index in [4.69, 9.17) is 5.73 Å². The van der Waals surface area contributed by atoms with Crippen LogP contribution >= 0.6 is 0 Å². The fraction of sp³-hybridized carbons (Fsp3) is 0.429. The number of nitrogens with one attached hydrogen (secondary N) is 2. The minimum Gasteiger partial charge on any atom is -0.352 e. The Balaban J connectivity index is 1.68. The fourth-order valence-electron chi connectivity index (χ4n) is 2.46. The van der Waals surface area contributed by atoms with Crippen LogP contribution in [0, 0.1) is 5.92 Å². The summed E-state index contributed by atoms with van der Waals surface area (Å²) < 4.78 is 0. The Bertz CT molecular complexity index is 588. The number of hydrogen-bond donors (Lipinski definition) is 3. The number of nitrogens with zero attached hydrogens (tertiary/aromatic N) is 1. The lowest BCUT2D eigenvalue weighted by Gasteiger charge is -2.15. The summed E-state index contributed by atoms with van der Waals surface area (Å²) in [7, 11) is 0. The van der Waals surface area contributed by atoms with Gasteiger partial charge in [-0.3, -0.25) is 4.79 Å². The molecule has 1 aliphatic carbocycles. The first kappa shape index (κ1) is 12.2. The van der Waals surface area contributed by atoms with Crippen LogP contribution in [0.1, 0.15) is 18.4 Å². The molecule has 2 aromatic heterocycles. The predicted molar refractivity (Wildman–Crippen MR) is 73.5 cm³/mol. The van der Waals surface area contributed by atoms with Gasteiger partial charge in [-0.1, -0.05) is 0 Å². The number of aromatic amines is 1. The van der Waals surface area contributed by atoms with E-state index >= 15 is 0 Å². The Kier molecular flexibility index (Phi) is 3.21. The van der Waals surface area contributed by atoms with Crippen molar-refractivity contribution in [2.75, 3.05) is 6.54 Å². The molecule has 5 nitrogen and oxygen atoms in total. The van der Waals surface area contributed by atoms with Gasteiger partial charge in [-0.2, -0.15) is 0 Å². The molecular formula is C14H18N4O. The molecule has 3 rings (SSSR count). The van der Waals surface area contributed by atoms with Crippen LogP contribution in [0.4, 0.5) is 0 Å². The van der Waals surface area contributed by atoms with Gasteiger partial charge in [-0.15, -0.1) is 0 Å². The summed E-state index contributed by atoms with van der Waals surface area (Å²) in [6.07, 6.45) is 6.32. The van der Waals surface area contributed by atoms with Crippen molar-refractivity contribution in [1.29, 1.82) is 0 Å². The average molecular weight is 258 g/mol. The Morgan fingerprint density at radius 1 is 1.58 bits per heavy atom. The van der Waals surface area contributed by atoms with Crippen molar-refractivity contribution in [3.8, 4) is 0 Å². The van der Waals surface area contributed by atoms with Crippen LogP contribution in [0.15, 0.2) is 24.5 Å². The molecule has 0 aliphatic heterocycles. The highest BCUT2D eigenvalue weighted by Gasteiger charge is 2.31. The topological polar surface area (TPSA) is 83.8 Å². The lowest BCUT2D eigenvalue weighted by Crippen LogP contribution is -2.42. The lowest BCUT2D eigenvalue weighted by atomic mass is 10.1. The molecule has 1 saturated carbocycles. The molecule has 0 radical (unpaired) electrons. The number of carbonyl (C=O) groups is 1. The van der Waals surface area contributed by atoms with Gasteiger partial charge in [0, 0.05) is 30.4 Å². The van der Waals surface area contributed by atoms with Crippen LogP contribution in [0.3, 0.4) is 0 Å². The maximum absolute atomic E-state index is 12.1. The van der Waals surface area contributed by atoms with E-state index < -0.39 is 0 Å². The van der Waals surface area contributed by atoms with Gasteiger partial charge < -0.3 is 16.0 Å². The molecule has 5 heteroatoms. The zero-order chi connectivity index (χ0) is 13.2. The first-order valence-electron chi connectivity index (χ1n) is 6.68. The summed E-state index contributed by atoms with van der Waals surface area (Å²) in [6.45, 7) is 0.520. The van der Waals surface area contributed by atoms with Gasteiger partial charge in [-0.25, -0.2) is 4.98 Å². The molecule has 0 saturated heterocycles. The Labute approximate surface area is 111 Å². The van der Waals surface area contributed by atoms with E-state index in [1.165, 1.54) is 12.8 Å². The number of pyridine rings is 1. The first-order valence-corrected chi connectivity index (χ1v) is 6.68. The molecule has 1 atom stereocenters. The molecule has 2 aromatic rings. The van der Waals surface area contributed by atoms with Crippen LogP contribution in [-0.2, 0) is 11.2 Å². The number of H-pyrrole nitrogens is 1. The molecular weight excluding hydrogens is 240 g/mol. The minimum atomic E-state index is 0.0344. The highest BCUT2D eigenvalue weighted by molar-refractivity contribution is 5.87. The monoisotopic (exact) mass is 258 g/mol. The summed E-state index contributed by atoms with van der Waals surface area (Å²) in [4.78, 5) is 19.4. The van der Waals surface area contributed by atoms with E-state index in [9.17, 15) is 4.79 Å². The van der Waals surface area contributed by atoms with Crippen molar-refractivity contribution >= 4 is 16.9 Å². The second kappa shape index (κ2) is 5.01. The summed E-state index contributed by atoms with van der Waals surface area (Å²) in [5, 5.41) is 4.04. The van der Waals surface area contributed by atoms with Crippen molar-refractivity contribution in [2.24, 2.45) is 11.7 Å². The van der Waals surface area contributed by atoms with Crippen molar-refractivity contribution in [3.63, 3.8) is 0 Å². The minimum absolute atomic E-state index is 0.0344. The van der Waals surface area contributed by atoms with E-state index in [1.807, 2.05) is 18.3 Å². The Hall–Kier alpha value is -1.88. The van der Waals surface area contributed by atoms with Crippen LogP contribution in [0.2, 0.25) is 0 Å². The second-order valence-electron chi connectivity index (χ2n) is 5.14. The standard InChI is InChI=1S/C14H18N4O/c15-7-12(9-3-4-9)18-13(19)6-10-8-17-14-11(10)2-1-5-16-14/h1-2,5,8-9,12H,3-4,6-7,15H2,(H,16,17)(H,18,19). The van der Waals surface area contributed by atoms with Gasteiger partial charge in [0.1, 0.15) is 5.65 Å². The first-order chi connectivity index (χ1) is 9.28. The molecule has 19 heavy (non-hydrogen) atoms. The molecule has 1 fully saturated rings. The van der Waals surface area contributed by atoms with Gasteiger partial charge in [0.15, 0.2) is 0 Å². The molecule has 1 amide bonds. The van der Waals surface area contributed by atoms with E-state index in [2.05, 4.69) is 15.3 Å². The maximum atomic E-state index is 12.1. The van der Waals surface area contributed by atoms with Crippen molar-refractivity contribution < 1.29 is 4.79 Å². The third kappa shape index (κ3) is 2.61. The van der Waals surface area contributed by atoms with Gasteiger partial charge in [0.25, 0.3) is 0 Å². The quantitative estimate of drug-likeness (QED) is 0.747. The number of nitrogens with two attached hydrogens (primary N) is 1. The molecule has 2 heterocycles. The maximum Gasteiger partial charge on any atom is 0.224 e.